The number of allylic oxidation sites excluding steroid dienone is 1. The summed E-state index contributed by atoms with van der Waals surface area (Å²) in [5.74, 6) is 0. The van der Waals surface area contributed by atoms with E-state index in [1.165, 1.54) is 31.2 Å². The second-order valence-corrected chi connectivity index (χ2v) is 7.27. The van der Waals surface area contributed by atoms with Crippen LogP contribution in [0.5, 0.6) is 0 Å². The third-order valence-corrected chi connectivity index (χ3v) is 4.84. The highest BCUT2D eigenvalue weighted by atomic mass is 35.5. The minimum Gasteiger partial charge on any atom is -0.241 e. The van der Waals surface area contributed by atoms with Crippen LogP contribution in [0, 0.1) is 6.92 Å². The summed E-state index contributed by atoms with van der Waals surface area (Å²) < 4.78 is 1.94. The molecule has 0 aliphatic carbocycles. The maximum absolute atomic E-state index is 5.97. The van der Waals surface area contributed by atoms with Gasteiger partial charge in [-0.25, -0.2) is 9.50 Å². The molecular formula is C24H30ClN3. The lowest BCUT2D eigenvalue weighted by atomic mass is 9.98. The zero-order valence-corrected chi connectivity index (χ0v) is 18.0. The van der Waals surface area contributed by atoms with Crippen LogP contribution in [0.2, 0.25) is 5.15 Å². The molecule has 3 rings (SSSR count). The van der Waals surface area contributed by atoms with Gasteiger partial charge in [-0.15, -0.1) is 6.58 Å². The number of hydrogen-bond donors (Lipinski definition) is 0. The number of halogens is 1. The molecule has 0 atom stereocenters. The first-order valence-corrected chi connectivity index (χ1v) is 10.3. The molecular weight excluding hydrogens is 366 g/mol. The topological polar surface area (TPSA) is 30.2 Å². The average Bonchev–Trinajstić information content (AvgIpc) is 3.08. The molecule has 0 aliphatic rings. The van der Waals surface area contributed by atoms with Crippen LogP contribution in [0.15, 0.2) is 55.9 Å². The van der Waals surface area contributed by atoms with Gasteiger partial charge in [0.05, 0.1) is 11.7 Å². The fourth-order valence-corrected chi connectivity index (χ4v) is 3.35. The van der Waals surface area contributed by atoms with Crippen LogP contribution in [-0.2, 0) is 6.42 Å². The van der Waals surface area contributed by atoms with Gasteiger partial charge < -0.3 is 0 Å². The molecule has 0 amide bonds. The Hall–Kier alpha value is -2.39. The lowest BCUT2D eigenvalue weighted by Crippen LogP contribution is -1.96. The first-order chi connectivity index (χ1) is 13.5. The number of fused-ring (bicyclic) bond motifs is 1. The Balaban J connectivity index is 0.000000878. The minimum atomic E-state index is 0.509. The van der Waals surface area contributed by atoms with E-state index >= 15 is 0 Å². The number of aryl methyl sites for hydroxylation is 2. The van der Waals surface area contributed by atoms with Gasteiger partial charge in [0.1, 0.15) is 5.15 Å². The highest BCUT2D eigenvalue weighted by Crippen LogP contribution is 2.26. The molecule has 0 N–H and O–H groups in total. The summed E-state index contributed by atoms with van der Waals surface area (Å²) in [5, 5.41) is 4.99. The zero-order chi connectivity index (χ0) is 20.5. The molecule has 3 heterocycles. The molecule has 3 aromatic rings. The molecule has 3 aromatic heterocycles. The molecule has 0 aliphatic heterocycles. The van der Waals surface area contributed by atoms with Crippen molar-refractivity contribution in [3.8, 4) is 0 Å². The van der Waals surface area contributed by atoms with E-state index < -0.39 is 0 Å². The van der Waals surface area contributed by atoms with Gasteiger partial charge >= 0.3 is 0 Å². The third kappa shape index (κ3) is 5.56. The molecule has 148 valence electrons. The van der Waals surface area contributed by atoms with Crippen LogP contribution < -0.4 is 0 Å². The van der Waals surface area contributed by atoms with Gasteiger partial charge in [-0.2, -0.15) is 5.10 Å². The van der Waals surface area contributed by atoms with Crippen LogP contribution in [0.4, 0.5) is 0 Å². The maximum atomic E-state index is 5.97. The molecule has 0 saturated heterocycles. The number of rotatable bonds is 7. The molecule has 3 nitrogen and oxygen atoms in total. The van der Waals surface area contributed by atoms with Gasteiger partial charge in [0, 0.05) is 17.5 Å². The van der Waals surface area contributed by atoms with Crippen LogP contribution in [0.3, 0.4) is 0 Å². The van der Waals surface area contributed by atoms with Gasteiger partial charge in [-0.1, -0.05) is 50.4 Å². The van der Waals surface area contributed by atoms with Crippen molar-refractivity contribution in [2.24, 2.45) is 0 Å². The average molecular weight is 396 g/mol. The van der Waals surface area contributed by atoms with Crippen molar-refractivity contribution in [2.45, 2.75) is 52.9 Å². The molecule has 0 unspecified atom stereocenters. The molecule has 0 spiro atoms. The van der Waals surface area contributed by atoms with Gasteiger partial charge in [0.2, 0.25) is 0 Å². The third-order valence-electron chi connectivity index (χ3n) is 4.63. The van der Waals surface area contributed by atoms with E-state index in [0.29, 0.717) is 5.15 Å². The Morgan fingerprint density at radius 2 is 1.96 bits per heavy atom. The molecule has 0 aromatic carbocycles. The summed E-state index contributed by atoms with van der Waals surface area (Å²) in [6, 6.07) is 8.03. The summed E-state index contributed by atoms with van der Waals surface area (Å²) in [6.45, 7) is 13.7. The second kappa shape index (κ2) is 10.8. The largest absolute Gasteiger partial charge is 0.241 e. The van der Waals surface area contributed by atoms with Crippen LogP contribution in [0.25, 0.3) is 11.1 Å². The van der Waals surface area contributed by atoms with Gasteiger partial charge in [-0.3, -0.25) is 0 Å². The lowest BCUT2D eigenvalue weighted by molar-refractivity contribution is 0.668. The summed E-state index contributed by atoms with van der Waals surface area (Å²) >= 11 is 5.97. The van der Waals surface area contributed by atoms with Gasteiger partial charge in [-0.05, 0) is 67.7 Å². The predicted molar refractivity (Wildman–Crippen MR) is 121 cm³/mol. The Labute approximate surface area is 173 Å². The first-order valence-electron chi connectivity index (χ1n) is 9.87. The van der Waals surface area contributed by atoms with Crippen molar-refractivity contribution >= 4 is 22.7 Å². The van der Waals surface area contributed by atoms with E-state index in [1.54, 1.807) is 6.08 Å². The van der Waals surface area contributed by atoms with E-state index in [2.05, 4.69) is 42.3 Å². The SMILES string of the molecule is C=C(c1ccn2ncc(CCCCCC)c2c1)c1ccc(Cl)nc1C.C=CC. The summed E-state index contributed by atoms with van der Waals surface area (Å²) in [5.41, 5.74) is 6.44. The van der Waals surface area contributed by atoms with Crippen molar-refractivity contribution in [1.82, 2.24) is 14.6 Å². The van der Waals surface area contributed by atoms with Crippen LogP contribution in [0.1, 0.15) is 61.9 Å². The van der Waals surface area contributed by atoms with Crippen molar-refractivity contribution in [3.63, 3.8) is 0 Å². The molecule has 0 radical (unpaired) electrons. The van der Waals surface area contributed by atoms with Crippen LogP contribution in [-0.4, -0.2) is 14.6 Å². The number of unbranched alkanes of at least 4 members (excludes halogenated alkanes) is 3. The second-order valence-electron chi connectivity index (χ2n) is 6.88. The van der Waals surface area contributed by atoms with E-state index in [1.807, 2.05) is 42.9 Å². The zero-order valence-electron chi connectivity index (χ0n) is 17.2. The highest BCUT2D eigenvalue weighted by molar-refractivity contribution is 6.29. The first kappa shape index (κ1) is 21.9. The van der Waals surface area contributed by atoms with Crippen LogP contribution >= 0.6 is 11.6 Å². The Kier molecular flexibility index (Phi) is 8.46. The monoisotopic (exact) mass is 395 g/mol. The standard InChI is InChI=1S/C21H24ClN3.C3H6/c1-4-5-6-7-8-18-14-23-25-12-11-17(13-20(18)25)15(2)19-9-10-21(22)24-16(19)3;1-3-2/h9-14H,2,4-8H2,1,3H3;3H,1H2,2H3. The van der Waals surface area contributed by atoms with Crippen molar-refractivity contribution in [3.05, 3.63) is 83.4 Å². The van der Waals surface area contributed by atoms with Gasteiger partial charge in [0.15, 0.2) is 0 Å². The van der Waals surface area contributed by atoms with E-state index in [0.717, 1.165) is 34.3 Å². The van der Waals surface area contributed by atoms with E-state index in [9.17, 15) is 0 Å². The summed E-state index contributed by atoms with van der Waals surface area (Å²) in [4.78, 5) is 4.34. The fraction of sp³-hybridized carbons (Fsp3) is 0.333. The Morgan fingerprint density at radius 3 is 2.64 bits per heavy atom. The van der Waals surface area contributed by atoms with Crippen molar-refractivity contribution < 1.29 is 0 Å². The van der Waals surface area contributed by atoms with Crippen molar-refractivity contribution in [2.75, 3.05) is 0 Å². The summed E-state index contributed by atoms with van der Waals surface area (Å²) in [7, 11) is 0. The molecule has 4 heteroatoms. The number of nitrogens with zero attached hydrogens (tertiary/aromatic N) is 3. The predicted octanol–water partition coefficient (Wildman–Crippen LogP) is 7.07. The Bertz CT molecular complexity index is 940. The van der Waals surface area contributed by atoms with E-state index in [-0.39, 0.29) is 0 Å². The number of pyridine rings is 2. The normalized spacial score (nSPS) is 10.4. The van der Waals surface area contributed by atoms with E-state index in [4.69, 9.17) is 11.6 Å². The molecule has 0 fully saturated rings. The molecule has 0 saturated carbocycles. The Morgan fingerprint density at radius 1 is 1.21 bits per heavy atom. The quantitative estimate of drug-likeness (QED) is 0.243. The molecule has 28 heavy (non-hydrogen) atoms. The minimum absolute atomic E-state index is 0.509. The molecule has 0 bridgehead atoms. The van der Waals surface area contributed by atoms with Crippen molar-refractivity contribution in [1.29, 1.82) is 0 Å². The number of hydrogen-bond acceptors (Lipinski definition) is 2. The number of aromatic nitrogens is 3. The fourth-order valence-electron chi connectivity index (χ4n) is 3.16. The van der Waals surface area contributed by atoms with Gasteiger partial charge in [0.25, 0.3) is 0 Å². The summed E-state index contributed by atoms with van der Waals surface area (Å²) in [6.07, 6.45) is 11.8. The highest BCUT2D eigenvalue weighted by Gasteiger charge is 2.10. The lowest BCUT2D eigenvalue weighted by Gasteiger charge is -2.10. The maximum Gasteiger partial charge on any atom is 0.129 e. The smallest absolute Gasteiger partial charge is 0.129 e.